The molecule has 3 rings (SSSR count). The number of H-pyrrole nitrogens is 1. The zero-order chi connectivity index (χ0) is 16.6. The summed E-state index contributed by atoms with van der Waals surface area (Å²) in [6, 6.07) is 6.43. The van der Waals surface area contributed by atoms with Crippen molar-refractivity contribution < 1.29 is 22.4 Å². The normalized spacial score (nSPS) is 11.8. The Morgan fingerprint density at radius 1 is 1.35 bits per heavy atom. The van der Waals surface area contributed by atoms with Gasteiger partial charge in [-0.15, -0.1) is 5.10 Å². The molecule has 3 aromatic rings. The number of para-hydroxylation sites is 2. The molecule has 23 heavy (non-hydrogen) atoms. The summed E-state index contributed by atoms with van der Waals surface area (Å²) in [6.45, 7) is -0.453. The first-order valence-electron chi connectivity index (χ1n) is 6.22. The average Bonchev–Trinajstić information content (AvgIpc) is 3.04. The van der Waals surface area contributed by atoms with Gasteiger partial charge in [0, 0.05) is 0 Å². The number of nitrogens with one attached hydrogen (secondary N) is 2. The summed E-state index contributed by atoms with van der Waals surface area (Å²) < 4.78 is 43.1. The van der Waals surface area contributed by atoms with Crippen molar-refractivity contribution in [2.24, 2.45) is 0 Å². The van der Waals surface area contributed by atoms with Gasteiger partial charge in [-0.25, -0.2) is 4.79 Å². The molecule has 0 saturated heterocycles. The van der Waals surface area contributed by atoms with Crippen LogP contribution in [0.5, 0.6) is 0 Å². The lowest BCUT2D eigenvalue weighted by Crippen LogP contribution is -2.25. The fourth-order valence-corrected chi connectivity index (χ4v) is 1.92. The molecule has 0 aliphatic heterocycles. The molecular formula is C12H8F3N5O3. The minimum Gasteiger partial charge on any atom is -0.408 e. The van der Waals surface area contributed by atoms with Crippen LogP contribution in [0, 0.1) is 0 Å². The lowest BCUT2D eigenvalue weighted by Gasteiger charge is -2.02. The van der Waals surface area contributed by atoms with Crippen molar-refractivity contribution in [3.05, 3.63) is 40.6 Å². The minimum atomic E-state index is -4.70. The first-order chi connectivity index (χ1) is 10.8. The molecule has 2 N–H and O–H groups in total. The zero-order valence-electron chi connectivity index (χ0n) is 11.2. The summed E-state index contributed by atoms with van der Waals surface area (Å²) in [5, 5.41) is 6.97. The predicted octanol–water partition coefficient (Wildman–Crippen LogP) is 1.37. The van der Waals surface area contributed by atoms with Gasteiger partial charge in [-0.05, 0) is 12.1 Å². The van der Waals surface area contributed by atoms with Crippen molar-refractivity contribution in [1.82, 2.24) is 19.7 Å². The molecule has 0 fully saturated rings. The molecule has 1 amide bonds. The van der Waals surface area contributed by atoms with E-state index in [1.54, 1.807) is 29.4 Å². The van der Waals surface area contributed by atoms with Crippen molar-refractivity contribution in [2.75, 3.05) is 5.32 Å². The quantitative estimate of drug-likeness (QED) is 0.756. The van der Waals surface area contributed by atoms with E-state index in [0.717, 1.165) is 4.57 Å². The van der Waals surface area contributed by atoms with E-state index >= 15 is 0 Å². The maximum absolute atomic E-state index is 12.4. The molecule has 0 bridgehead atoms. The highest BCUT2D eigenvalue weighted by Gasteiger charge is 2.35. The van der Waals surface area contributed by atoms with Gasteiger partial charge < -0.3 is 4.42 Å². The summed E-state index contributed by atoms with van der Waals surface area (Å²) in [5.74, 6) is -3.40. The average molecular weight is 327 g/mol. The summed E-state index contributed by atoms with van der Waals surface area (Å²) in [5.41, 5.74) is 0.682. The molecule has 11 heteroatoms. The maximum atomic E-state index is 12.4. The number of rotatable bonds is 3. The highest BCUT2D eigenvalue weighted by atomic mass is 19.4. The van der Waals surface area contributed by atoms with Crippen LogP contribution in [0.4, 0.5) is 19.1 Å². The number of hydrogen-bond donors (Lipinski definition) is 2. The topological polar surface area (TPSA) is 106 Å². The van der Waals surface area contributed by atoms with Crippen LogP contribution in [0.3, 0.4) is 0 Å². The highest BCUT2D eigenvalue weighted by Crippen LogP contribution is 2.26. The zero-order valence-corrected chi connectivity index (χ0v) is 11.2. The summed E-state index contributed by atoms with van der Waals surface area (Å²) in [7, 11) is 0. The number of benzene rings is 1. The first-order valence-corrected chi connectivity index (χ1v) is 6.22. The number of amides is 1. The second-order valence-electron chi connectivity index (χ2n) is 4.48. The minimum absolute atomic E-state index is 0.294. The van der Waals surface area contributed by atoms with Gasteiger partial charge in [0.05, 0.1) is 5.52 Å². The molecule has 0 saturated carbocycles. The number of alkyl halides is 3. The van der Waals surface area contributed by atoms with Crippen molar-refractivity contribution in [3.8, 4) is 0 Å². The third kappa shape index (κ3) is 2.93. The number of hydrogen-bond acceptors (Lipinski definition) is 5. The Kier molecular flexibility index (Phi) is 3.39. The molecule has 0 radical (unpaired) electrons. The Labute approximate surface area is 124 Å². The lowest BCUT2D eigenvalue weighted by molar-refractivity contribution is -0.144. The van der Waals surface area contributed by atoms with Gasteiger partial charge in [-0.1, -0.05) is 12.1 Å². The molecule has 1 aromatic carbocycles. The van der Waals surface area contributed by atoms with Crippen LogP contribution >= 0.6 is 0 Å². The lowest BCUT2D eigenvalue weighted by atomic mass is 10.3. The number of aromatic amines is 1. The van der Waals surface area contributed by atoms with E-state index in [0.29, 0.717) is 11.1 Å². The largest absolute Gasteiger partial charge is 0.451 e. The first kappa shape index (κ1) is 14.8. The fraction of sp³-hybridized carbons (Fsp3) is 0.167. The van der Waals surface area contributed by atoms with E-state index in [2.05, 4.69) is 15.4 Å². The Morgan fingerprint density at radius 3 is 2.78 bits per heavy atom. The van der Waals surface area contributed by atoms with Crippen LogP contribution in [0.1, 0.15) is 5.82 Å². The van der Waals surface area contributed by atoms with E-state index in [1.807, 2.05) is 0 Å². The number of carbonyl (C=O) groups is 1. The molecule has 0 unspecified atom stereocenters. The van der Waals surface area contributed by atoms with Crippen LogP contribution in [0.2, 0.25) is 0 Å². The summed E-state index contributed by atoms with van der Waals surface area (Å²) in [6.07, 6.45) is -4.70. The van der Waals surface area contributed by atoms with Gasteiger partial charge in [0.1, 0.15) is 6.54 Å². The van der Waals surface area contributed by atoms with Crippen LogP contribution in [0.15, 0.2) is 33.5 Å². The van der Waals surface area contributed by atoms with E-state index in [1.165, 1.54) is 0 Å². The molecule has 0 aliphatic carbocycles. The standard InChI is InChI=1S/C12H8F3N5O3/c13-12(14,15)9-17-10(19-18-9)16-8(21)5-20-6-3-1-2-4-7(6)23-11(20)22/h1-4H,5H2,(H2,16,17,18,19,21). The fourth-order valence-electron chi connectivity index (χ4n) is 1.92. The third-order valence-corrected chi connectivity index (χ3v) is 2.88. The number of nitrogens with zero attached hydrogens (tertiary/aromatic N) is 3. The van der Waals surface area contributed by atoms with Gasteiger partial charge >= 0.3 is 11.9 Å². The molecule has 0 spiro atoms. The van der Waals surface area contributed by atoms with Crippen LogP contribution in [-0.4, -0.2) is 25.7 Å². The molecule has 0 aliphatic rings. The van der Waals surface area contributed by atoms with Gasteiger partial charge in [-0.2, -0.15) is 18.2 Å². The highest BCUT2D eigenvalue weighted by molar-refractivity contribution is 5.89. The second-order valence-corrected chi connectivity index (χ2v) is 4.48. The predicted molar refractivity (Wildman–Crippen MR) is 70.5 cm³/mol. The molecular weight excluding hydrogens is 319 g/mol. The van der Waals surface area contributed by atoms with Crippen molar-refractivity contribution in [1.29, 1.82) is 0 Å². The van der Waals surface area contributed by atoms with Gasteiger partial charge in [-0.3, -0.25) is 19.8 Å². The van der Waals surface area contributed by atoms with Crippen molar-refractivity contribution in [2.45, 2.75) is 12.7 Å². The van der Waals surface area contributed by atoms with Crippen molar-refractivity contribution >= 4 is 23.0 Å². The van der Waals surface area contributed by atoms with Crippen LogP contribution in [0.25, 0.3) is 11.1 Å². The van der Waals surface area contributed by atoms with E-state index in [-0.39, 0.29) is 0 Å². The molecule has 0 atom stereocenters. The monoisotopic (exact) mass is 327 g/mol. The number of fused-ring (bicyclic) bond motifs is 1. The summed E-state index contributed by atoms with van der Waals surface area (Å²) in [4.78, 5) is 26.6. The maximum Gasteiger partial charge on any atom is 0.451 e. The Morgan fingerprint density at radius 2 is 2.09 bits per heavy atom. The van der Waals surface area contributed by atoms with Gasteiger partial charge in [0.25, 0.3) is 0 Å². The second kappa shape index (κ2) is 5.26. The van der Waals surface area contributed by atoms with Crippen LogP contribution in [-0.2, 0) is 17.5 Å². The number of aromatic nitrogens is 4. The molecule has 120 valence electrons. The Bertz CT molecular complexity index is 924. The number of anilines is 1. The van der Waals surface area contributed by atoms with E-state index < -0.39 is 36.2 Å². The molecule has 8 nitrogen and oxygen atoms in total. The summed E-state index contributed by atoms with van der Waals surface area (Å²) >= 11 is 0. The van der Waals surface area contributed by atoms with Gasteiger partial charge in [0.2, 0.25) is 17.7 Å². The number of halogens is 3. The Hall–Kier alpha value is -3.11. The van der Waals surface area contributed by atoms with E-state index in [4.69, 9.17) is 4.42 Å². The van der Waals surface area contributed by atoms with Crippen LogP contribution < -0.4 is 11.1 Å². The number of oxazole rings is 1. The SMILES string of the molecule is O=C(Cn1c(=O)oc2ccccc21)Nc1n[nH]c(C(F)(F)F)n1. The van der Waals surface area contributed by atoms with E-state index in [9.17, 15) is 22.8 Å². The molecule has 2 heterocycles. The third-order valence-electron chi connectivity index (χ3n) is 2.88. The Balaban J connectivity index is 1.78. The smallest absolute Gasteiger partial charge is 0.408 e. The number of carbonyl (C=O) groups excluding carboxylic acids is 1. The van der Waals surface area contributed by atoms with Crippen molar-refractivity contribution in [3.63, 3.8) is 0 Å². The molecule has 2 aromatic heterocycles. The van der Waals surface area contributed by atoms with Gasteiger partial charge in [0.15, 0.2) is 5.58 Å².